The highest BCUT2D eigenvalue weighted by atomic mass is 16.7. The minimum absolute atomic E-state index is 0.0121. The number of carbonyl (C=O) groups excluding carboxylic acids is 3. The summed E-state index contributed by atoms with van der Waals surface area (Å²) in [5, 5.41) is 9.58. The maximum absolute atomic E-state index is 12.2. The minimum atomic E-state index is -1.34. The van der Waals surface area contributed by atoms with Crippen LogP contribution in [-0.2, 0) is 23.9 Å². The first-order valence-electron chi connectivity index (χ1n) is 12.5. The van der Waals surface area contributed by atoms with Crippen LogP contribution in [0.3, 0.4) is 0 Å². The lowest BCUT2D eigenvalue weighted by molar-refractivity contribution is -0.139. The molecule has 0 saturated carbocycles. The van der Waals surface area contributed by atoms with Gasteiger partial charge in [-0.3, -0.25) is 14.4 Å². The molecule has 1 aromatic rings. The van der Waals surface area contributed by atoms with Gasteiger partial charge in [-0.2, -0.15) is 0 Å². The molecular weight excluding hydrogens is 470 g/mol. The second-order valence-electron chi connectivity index (χ2n) is 8.59. The molecular formula is C26H39NO9. The molecule has 0 bridgehead atoms. The van der Waals surface area contributed by atoms with Crippen molar-refractivity contribution in [2.45, 2.75) is 97.1 Å². The number of aliphatic carboxylic acids is 1. The molecule has 1 rings (SSSR count). The number of esters is 2. The Labute approximate surface area is 212 Å². The first-order valence-corrected chi connectivity index (χ1v) is 12.5. The van der Waals surface area contributed by atoms with Gasteiger partial charge in [-0.15, -0.1) is 0 Å². The minimum Gasteiger partial charge on any atom is -0.480 e. The van der Waals surface area contributed by atoms with Crippen LogP contribution in [0.2, 0.25) is 0 Å². The number of carbonyl (C=O) groups is 4. The van der Waals surface area contributed by atoms with Gasteiger partial charge in [0.1, 0.15) is 12.1 Å². The van der Waals surface area contributed by atoms with Gasteiger partial charge in [0, 0.05) is 18.8 Å². The predicted octanol–water partition coefficient (Wildman–Crippen LogP) is 4.72. The van der Waals surface area contributed by atoms with Gasteiger partial charge in [0.25, 0.3) is 0 Å². The summed E-state index contributed by atoms with van der Waals surface area (Å²) in [5.74, 6) is -3.04. The third kappa shape index (κ3) is 11.1. The molecule has 3 atom stereocenters. The monoisotopic (exact) mass is 509 g/mol. The van der Waals surface area contributed by atoms with E-state index in [-0.39, 0.29) is 37.4 Å². The van der Waals surface area contributed by atoms with Crippen molar-refractivity contribution < 1.29 is 43.2 Å². The van der Waals surface area contributed by atoms with E-state index in [1.54, 1.807) is 13.0 Å². The number of unbranched alkanes of at least 4 members (excludes halogenated alkanes) is 2. The molecule has 0 heterocycles. The summed E-state index contributed by atoms with van der Waals surface area (Å²) in [6.45, 7) is 7.52. The molecule has 10 nitrogen and oxygen atoms in total. The van der Waals surface area contributed by atoms with Crippen LogP contribution in [0.4, 0.5) is 4.79 Å². The standard InChI is InChI=1S/C26H39NO9/c1-5-8-9-14-33-26(32)34-17(4)15-19(24(27)25(30)31)18-12-13-20(35-22(28)10-6-2)21(16-18)36-23(29)11-7-3/h12-13,16-17,19,24H,5-11,14-15,27H2,1-4H3,(H,30,31)/t17?,19?,24-/m0/s1. The number of carboxylic acid groups (broad SMARTS) is 1. The van der Waals surface area contributed by atoms with Crippen LogP contribution in [0.5, 0.6) is 11.5 Å². The summed E-state index contributed by atoms with van der Waals surface area (Å²) in [5.41, 5.74) is 6.40. The Bertz CT molecular complexity index is 871. The summed E-state index contributed by atoms with van der Waals surface area (Å²) < 4.78 is 21.1. The highest BCUT2D eigenvalue weighted by molar-refractivity contribution is 5.77. The lowest BCUT2D eigenvalue weighted by atomic mass is 9.87. The van der Waals surface area contributed by atoms with Gasteiger partial charge in [-0.1, -0.05) is 39.7 Å². The molecule has 1 aromatic carbocycles. The summed E-state index contributed by atoms with van der Waals surface area (Å²) in [6.07, 6.45) is 2.60. The van der Waals surface area contributed by atoms with Crippen molar-refractivity contribution in [2.24, 2.45) is 5.73 Å². The average molecular weight is 510 g/mol. The van der Waals surface area contributed by atoms with Gasteiger partial charge in [0.15, 0.2) is 11.5 Å². The second-order valence-corrected chi connectivity index (χ2v) is 8.59. The predicted molar refractivity (Wildman–Crippen MR) is 132 cm³/mol. The zero-order chi connectivity index (χ0) is 27.1. The lowest BCUT2D eigenvalue weighted by Crippen LogP contribution is -2.38. The summed E-state index contributed by atoms with van der Waals surface area (Å²) in [6, 6.07) is 3.08. The largest absolute Gasteiger partial charge is 0.508 e. The van der Waals surface area contributed by atoms with Gasteiger partial charge in [-0.25, -0.2) is 4.79 Å². The maximum Gasteiger partial charge on any atom is 0.508 e. The van der Waals surface area contributed by atoms with Crippen LogP contribution in [-0.4, -0.2) is 47.9 Å². The van der Waals surface area contributed by atoms with E-state index in [1.165, 1.54) is 12.1 Å². The molecule has 0 aliphatic heterocycles. The Hall–Kier alpha value is -3.14. The molecule has 202 valence electrons. The third-order valence-electron chi connectivity index (χ3n) is 5.32. The number of rotatable bonds is 16. The Balaban J connectivity index is 3.15. The molecule has 3 N–H and O–H groups in total. The zero-order valence-corrected chi connectivity index (χ0v) is 21.6. The van der Waals surface area contributed by atoms with E-state index in [4.69, 9.17) is 24.7 Å². The quantitative estimate of drug-likeness (QED) is 0.182. The number of hydrogen-bond acceptors (Lipinski definition) is 9. The van der Waals surface area contributed by atoms with E-state index < -0.39 is 42.1 Å². The van der Waals surface area contributed by atoms with Crippen LogP contribution < -0.4 is 15.2 Å². The number of nitrogens with two attached hydrogens (primary N) is 1. The fraction of sp³-hybridized carbons (Fsp3) is 0.615. The summed E-state index contributed by atoms with van der Waals surface area (Å²) in [7, 11) is 0. The third-order valence-corrected chi connectivity index (χ3v) is 5.32. The van der Waals surface area contributed by atoms with Crippen LogP contribution in [0.25, 0.3) is 0 Å². The Morgan fingerprint density at radius 1 is 0.917 bits per heavy atom. The second kappa shape index (κ2) is 16.5. The average Bonchev–Trinajstić information content (AvgIpc) is 2.81. The van der Waals surface area contributed by atoms with Crippen molar-refractivity contribution in [2.75, 3.05) is 6.61 Å². The summed E-state index contributed by atoms with van der Waals surface area (Å²) in [4.78, 5) is 47.9. The highest BCUT2D eigenvalue weighted by Crippen LogP contribution is 2.35. The molecule has 0 aromatic heterocycles. The van der Waals surface area contributed by atoms with Crippen molar-refractivity contribution in [1.82, 2.24) is 0 Å². The van der Waals surface area contributed by atoms with Crippen molar-refractivity contribution in [3.05, 3.63) is 23.8 Å². The van der Waals surface area contributed by atoms with Gasteiger partial charge in [0.05, 0.1) is 6.61 Å². The van der Waals surface area contributed by atoms with Crippen LogP contribution in [0, 0.1) is 0 Å². The zero-order valence-electron chi connectivity index (χ0n) is 21.6. The fourth-order valence-electron chi connectivity index (χ4n) is 3.45. The van der Waals surface area contributed by atoms with Gasteiger partial charge in [-0.05, 0) is 50.3 Å². The van der Waals surface area contributed by atoms with Crippen molar-refractivity contribution in [1.29, 1.82) is 0 Å². The van der Waals surface area contributed by atoms with Crippen molar-refractivity contribution in [3.8, 4) is 11.5 Å². The number of carboxylic acids is 1. The van der Waals surface area contributed by atoms with Gasteiger partial charge in [0.2, 0.25) is 0 Å². The number of hydrogen-bond donors (Lipinski definition) is 2. The van der Waals surface area contributed by atoms with E-state index in [0.717, 1.165) is 19.3 Å². The fourth-order valence-corrected chi connectivity index (χ4v) is 3.45. The smallest absolute Gasteiger partial charge is 0.480 e. The van der Waals surface area contributed by atoms with E-state index in [9.17, 15) is 24.3 Å². The highest BCUT2D eigenvalue weighted by Gasteiger charge is 2.30. The Morgan fingerprint density at radius 2 is 1.53 bits per heavy atom. The first-order chi connectivity index (χ1) is 17.1. The number of benzene rings is 1. The molecule has 0 radical (unpaired) electrons. The van der Waals surface area contributed by atoms with Crippen LogP contribution in [0.15, 0.2) is 18.2 Å². The maximum atomic E-state index is 12.2. The molecule has 0 amide bonds. The van der Waals surface area contributed by atoms with Gasteiger partial charge < -0.3 is 29.8 Å². The molecule has 0 spiro atoms. The van der Waals surface area contributed by atoms with Gasteiger partial charge >= 0.3 is 24.1 Å². The van der Waals surface area contributed by atoms with Crippen LogP contribution in [0.1, 0.15) is 90.5 Å². The number of ether oxygens (including phenoxy) is 4. The van der Waals surface area contributed by atoms with Crippen molar-refractivity contribution in [3.63, 3.8) is 0 Å². The molecule has 2 unspecified atom stereocenters. The SMILES string of the molecule is CCCCCOC(=O)OC(C)CC(c1ccc(OC(=O)CCC)c(OC(=O)CCC)c1)[C@H](N)C(=O)O. The lowest BCUT2D eigenvalue weighted by Gasteiger charge is -2.25. The van der Waals surface area contributed by atoms with E-state index in [2.05, 4.69) is 0 Å². The topological polar surface area (TPSA) is 151 Å². The molecule has 0 aliphatic rings. The molecule has 10 heteroatoms. The molecule has 0 aliphatic carbocycles. The van der Waals surface area contributed by atoms with E-state index in [0.29, 0.717) is 18.4 Å². The van der Waals surface area contributed by atoms with Crippen LogP contribution >= 0.6 is 0 Å². The van der Waals surface area contributed by atoms with Crippen molar-refractivity contribution >= 4 is 24.1 Å². The Morgan fingerprint density at radius 3 is 2.08 bits per heavy atom. The molecule has 0 saturated heterocycles. The van der Waals surface area contributed by atoms with E-state index in [1.807, 2.05) is 20.8 Å². The first kappa shape index (κ1) is 30.9. The Kier molecular flexibility index (Phi) is 14.2. The van der Waals surface area contributed by atoms with E-state index >= 15 is 0 Å². The molecule has 0 fully saturated rings. The molecule has 36 heavy (non-hydrogen) atoms. The summed E-state index contributed by atoms with van der Waals surface area (Å²) >= 11 is 0. The normalized spacial score (nSPS) is 13.2.